The summed E-state index contributed by atoms with van der Waals surface area (Å²) in [5.41, 5.74) is 4.16. The molecule has 0 saturated heterocycles. The Labute approximate surface area is 185 Å². The SMILES string of the molecule is CCCCc1nc2nc(OC)ncc2n1Cc1ccc(-c2ccccc2OC(=O)O)cc1. The largest absolute Gasteiger partial charge is 0.511 e. The fraction of sp³-hybridized carbons (Fsp3) is 0.250. The van der Waals surface area contributed by atoms with Crippen molar-refractivity contribution in [2.24, 2.45) is 0 Å². The molecule has 4 rings (SSSR count). The first-order valence-electron chi connectivity index (χ1n) is 10.4. The van der Waals surface area contributed by atoms with Gasteiger partial charge in [0.2, 0.25) is 0 Å². The Morgan fingerprint density at radius 2 is 1.88 bits per heavy atom. The molecule has 2 aromatic heterocycles. The Balaban J connectivity index is 1.64. The smallest absolute Gasteiger partial charge is 0.467 e. The number of carboxylic acid groups (broad SMARTS) is 1. The number of ether oxygens (including phenoxy) is 2. The van der Waals surface area contributed by atoms with E-state index in [9.17, 15) is 4.79 Å². The molecule has 0 atom stereocenters. The second kappa shape index (κ2) is 9.47. The number of benzene rings is 2. The van der Waals surface area contributed by atoms with Gasteiger partial charge in [0.25, 0.3) is 0 Å². The zero-order chi connectivity index (χ0) is 22.5. The molecule has 0 aliphatic rings. The summed E-state index contributed by atoms with van der Waals surface area (Å²) in [6.45, 7) is 2.78. The summed E-state index contributed by atoms with van der Waals surface area (Å²) in [6, 6.07) is 15.3. The highest BCUT2D eigenvalue weighted by Gasteiger charge is 2.14. The van der Waals surface area contributed by atoms with Crippen LogP contribution >= 0.6 is 0 Å². The molecule has 4 aromatic rings. The van der Waals surface area contributed by atoms with E-state index >= 15 is 0 Å². The van der Waals surface area contributed by atoms with Gasteiger partial charge >= 0.3 is 12.2 Å². The van der Waals surface area contributed by atoms with Gasteiger partial charge in [-0.15, -0.1) is 0 Å². The maximum atomic E-state index is 11.0. The Bertz CT molecular complexity index is 1230. The van der Waals surface area contributed by atoms with Crippen LogP contribution in [0.3, 0.4) is 0 Å². The molecule has 0 aliphatic heterocycles. The van der Waals surface area contributed by atoms with E-state index in [4.69, 9.17) is 19.6 Å². The Morgan fingerprint density at radius 1 is 1.09 bits per heavy atom. The average molecular weight is 432 g/mol. The third kappa shape index (κ3) is 4.54. The molecule has 8 nitrogen and oxygen atoms in total. The van der Waals surface area contributed by atoms with Crippen LogP contribution in [0.25, 0.3) is 22.3 Å². The highest BCUT2D eigenvalue weighted by Crippen LogP contribution is 2.30. The van der Waals surface area contributed by atoms with Crippen molar-refractivity contribution < 1.29 is 19.4 Å². The summed E-state index contributed by atoms with van der Waals surface area (Å²) in [7, 11) is 1.54. The lowest BCUT2D eigenvalue weighted by Gasteiger charge is -2.11. The molecular weight excluding hydrogens is 408 g/mol. The van der Waals surface area contributed by atoms with E-state index in [-0.39, 0.29) is 0 Å². The van der Waals surface area contributed by atoms with Gasteiger partial charge in [-0.2, -0.15) is 4.98 Å². The van der Waals surface area contributed by atoms with Gasteiger partial charge in [0.1, 0.15) is 17.1 Å². The molecule has 2 heterocycles. The minimum atomic E-state index is -1.33. The van der Waals surface area contributed by atoms with Crippen LogP contribution in [-0.4, -0.2) is 37.9 Å². The Kier molecular flexibility index (Phi) is 6.30. The Hall–Kier alpha value is -3.94. The van der Waals surface area contributed by atoms with E-state index in [2.05, 4.69) is 21.5 Å². The topological polar surface area (TPSA) is 99.4 Å². The van der Waals surface area contributed by atoms with Crippen molar-refractivity contribution in [1.29, 1.82) is 0 Å². The van der Waals surface area contributed by atoms with Crippen LogP contribution in [0.5, 0.6) is 11.8 Å². The lowest BCUT2D eigenvalue weighted by atomic mass is 10.0. The zero-order valence-electron chi connectivity index (χ0n) is 18.0. The molecule has 1 N–H and O–H groups in total. The summed E-state index contributed by atoms with van der Waals surface area (Å²) in [5.74, 6) is 1.27. The molecule has 0 unspecified atom stereocenters. The van der Waals surface area contributed by atoms with Crippen molar-refractivity contribution in [2.75, 3.05) is 7.11 Å². The molecule has 164 valence electrons. The van der Waals surface area contributed by atoms with Crippen molar-refractivity contribution in [2.45, 2.75) is 32.7 Å². The maximum Gasteiger partial charge on any atom is 0.511 e. The van der Waals surface area contributed by atoms with E-state index in [1.165, 1.54) is 7.11 Å². The number of aromatic nitrogens is 4. The predicted octanol–water partition coefficient (Wildman–Crippen LogP) is 4.95. The number of para-hydroxylation sites is 1. The van der Waals surface area contributed by atoms with Crippen LogP contribution < -0.4 is 9.47 Å². The van der Waals surface area contributed by atoms with Gasteiger partial charge in [-0.05, 0) is 23.6 Å². The number of aryl methyl sites for hydroxylation is 1. The van der Waals surface area contributed by atoms with E-state index in [1.807, 2.05) is 36.4 Å². The van der Waals surface area contributed by atoms with Crippen molar-refractivity contribution in [3.05, 3.63) is 66.1 Å². The van der Waals surface area contributed by atoms with Gasteiger partial charge in [-0.1, -0.05) is 55.8 Å². The molecule has 0 spiro atoms. The van der Waals surface area contributed by atoms with Gasteiger partial charge in [0, 0.05) is 18.5 Å². The monoisotopic (exact) mass is 432 g/mol. The number of hydrogen-bond donors (Lipinski definition) is 1. The minimum Gasteiger partial charge on any atom is -0.467 e. The Morgan fingerprint density at radius 3 is 2.59 bits per heavy atom. The van der Waals surface area contributed by atoms with Crippen LogP contribution in [-0.2, 0) is 13.0 Å². The summed E-state index contributed by atoms with van der Waals surface area (Å²) >= 11 is 0. The molecule has 8 heteroatoms. The summed E-state index contributed by atoms with van der Waals surface area (Å²) in [6.07, 6.45) is 3.38. The molecule has 32 heavy (non-hydrogen) atoms. The van der Waals surface area contributed by atoms with Gasteiger partial charge < -0.3 is 19.1 Å². The number of carbonyl (C=O) groups is 1. The van der Waals surface area contributed by atoms with E-state index in [0.717, 1.165) is 47.3 Å². The molecule has 0 amide bonds. The normalized spacial score (nSPS) is 10.9. The third-order valence-corrected chi connectivity index (χ3v) is 5.19. The van der Waals surface area contributed by atoms with Gasteiger partial charge in [0.15, 0.2) is 5.65 Å². The number of methoxy groups -OCH3 is 1. The van der Waals surface area contributed by atoms with Crippen LogP contribution in [0.15, 0.2) is 54.7 Å². The van der Waals surface area contributed by atoms with Crippen LogP contribution in [0.4, 0.5) is 4.79 Å². The molecule has 0 radical (unpaired) electrons. The van der Waals surface area contributed by atoms with Crippen molar-refractivity contribution in [3.63, 3.8) is 0 Å². The molecule has 0 bridgehead atoms. The average Bonchev–Trinajstić information content (AvgIpc) is 3.14. The first kappa shape index (κ1) is 21.3. The van der Waals surface area contributed by atoms with Crippen LogP contribution in [0.2, 0.25) is 0 Å². The van der Waals surface area contributed by atoms with E-state index in [0.29, 0.717) is 24.0 Å². The number of fused-ring (bicyclic) bond motifs is 1. The fourth-order valence-electron chi connectivity index (χ4n) is 3.61. The minimum absolute atomic E-state index is 0.302. The van der Waals surface area contributed by atoms with Gasteiger partial charge in [0.05, 0.1) is 13.3 Å². The zero-order valence-corrected chi connectivity index (χ0v) is 18.0. The van der Waals surface area contributed by atoms with Crippen molar-refractivity contribution in [3.8, 4) is 22.9 Å². The second-order valence-electron chi connectivity index (χ2n) is 7.34. The number of hydrogen-bond acceptors (Lipinski definition) is 6. The quantitative estimate of drug-likeness (QED) is 0.311. The van der Waals surface area contributed by atoms with Crippen LogP contribution in [0, 0.1) is 0 Å². The summed E-state index contributed by atoms with van der Waals surface area (Å²) in [5, 5.41) is 8.98. The lowest BCUT2D eigenvalue weighted by Crippen LogP contribution is -2.06. The first-order valence-corrected chi connectivity index (χ1v) is 10.4. The molecule has 0 aliphatic carbocycles. The second-order valence-corrected chi connectivity index (χ2v) is 7.34. The number of nitrogens with zero attached hydrogens (tertiary/aromatic N) is 4. The van der Waals surface area contributed by atoms with Crippen molar-refractivity contribution >= 4 is 17.3 Å². The molecule has 0 saturated carbocycles. The number of rotatable bonds is 8. The summed E-state index contributed by atoms with van der Waals surface area (Å²) < 4.78 is 12.2. The van der Waals surface area contributed by atoms with Gasteiger partial charge in [-0.25, -0.2) is 14.8 Å². The molecular formula is C24H24N4O4. The summed E-state index contributed by atoms with van der Waals surface area (Å²) in [4.78, 5) is 24.3. The first-order chi connectivity index (χ1) is 15.6. The van der Waals surface area contributed by atoms with E-state index < -0.39 is 6.16 Å². The number of unbranched alkanes of at least 4 members (excludes halogenated alkanes) is 1. The highest BCUT2D eigenvalue weighted by atomic mass is 16.7. The lowest BCUT2D eigenvalue weighted by molar-refractivity contribution is 0.144. The van der Waals surface area contributed by atoms with Crippen molar-refractivity contribution in [1.82, 2.24) is 19.5 Å². The number of imidazole rings is 1. The van der Waals surface area contributed by atoms with E-state index in [1.54, 1.807) is 18.3 Å². The molecule has 0 fully saturated rings. The standard InChI is InChI=1S/C24H24N4O4/c1-3-4-9-21-26-22-19(14-25-23(27-22)31-2)28(21)15-16-10-12-17(13-11-16)18-7-5-6-8-20(18)32-24(29)30/h5-8,10-14H,3-4,9,15H2,1-2H3,(H,29,30). The van der Waals surface area contributed by atoms with Gasteiger partial charge in [-0.3, -0.25) is 0 Å². The third-order valence-electron chi connectivity index (χ3n) is 5.19. The highest BCUT2D eigenvalue weighted by molar-refractivity contribution is 5.74. The fourth-order valence-corrected chi connectivity index (χ4v) is 3.61. The van der Waals surface area contributed by atoms with Crippen LogP contribution in [0.1, 0.15) is 31.2 Å². The molecule has 2 aromatic carbocycles. The maximum absolute atomic E-state index is 11.0. The predicted molar refractivity (Wildman–Crippen MR) is 120 cm³/mol.